The van der Waals surface area contributed by atoms with Crippen LogP contribution in [0, 0.1) is 0 Å². The smallest absolute Gasteiger partial charge is 0.265 e. The average Bonchev–Trinajstić information content (AvgIpc) is 2.82. The Morgan fingerprint density at radius 3 is 2.44 bits per heavy atom. The lowest BCUT2D eigenvalue weighted by atomic mass is 10.2. The van der Waals surface area contributed by atoms with Gasteiger partial charge in [-0.3, -0.25) is 19.4 Å². The minimum absolute atomic E-state index is 0.0502. The first-order chi connectivity index (χ1) is 15.4. The van der Waals surface area contributed by atoms with Crippen molar-refractivity contribution in [1.29, 1.82) is 0 Å². The third-order valence-corrected chi connectivity index (χ3v) is 7.53. The van der Waals surface area contributed by atoms with E-state index in [4.69, 9.17) is 14.2 Å². The Morgan fingerprint density at radius 1 is 1.03 bits per heavy atom. The molecule has 2 fully saturated rings. The lowest BCUT2D eigenvalue weighted by Crippen LogP contribution is -2.47. The Morgan fingerprint density at radius 2 is 1.72 bits per heavy atom. The van der Waals surface area contributed by atoms with Crippen LogP contribution < -0.4 is 15.0 Å². The zero-order chi connectivity index (χ0) is 22.6. The van der Waals surface area contributed by atoms with E-state index in [1.807, 2.05) is 0 Å². The molecule has 3 heterocycles. The zero-order valence-corrected chi connectivity index (χ0v) is 18.6. The van der Waals surface area contributed by atoms with Crippen LogP contribution in [-0.4, -0.2) is 108 Å². The molecule has 176 valence electrons. The molecular formula is C20H28N4O7S. The minimum atomic E-state index is -3.75. The van der Waals surface area contributed by atoms with Crippen molar-refractivity contribution in [2.45, 2.75) is 4.90 Å². The van der Waals surface area contributed by atoms with Gasteiger partial charge in [-0.05, 0) is 18.2 Å². The number of fused-ring (bicyclic) bond motifs is 1. The highest BCUT2D eigenvalue weighted by molar-refractivity contribution is 7.89. The van der Waals surface area contributed by atoms with Crippen molar-refractivity contribution < 1.29 is 32.2 Å². The van der Waals surface area contributed by atoms with Gasteiger partial charge in [0.25, 0.3) is 5.91 Å². The van der Waals surface area contributed by atoms with E-state index in [-0.39, 0.29) is 42.7 Å². The first kappa shape index (κ1) is 22.9. The summed E-state index contributed by atoms with van der Waals surface area (Å²) in [6.45, 7) is 4.96. The Bertz CT molecular complexity index is 943. The average molecular weight is 469 g/mol. The van der Waals surface area contributed by atoms with Gasteiger partial charge in [-0.25, -0.2) is 8.42 Å². The van der Waals surface area contributed by atoms with Gasteiger partial charge in [-0.15, -0.1) is 0 Å². The summed E-state index contributed by atoms with van der Waals surface area (Å²) in [7, 11) is -3.75. The number of nitrogens with one attached hydrogen (secondary N) is 1. The predicted molar refractivity (Wildman–Crippen MR) is 114 cm³/mol. The molecule has 32 heavy (non-hydrogen) atoms. The van der Waals surface area contributed by atoms with E-state index in [1.165, 1.54) is 27.4 Å². The lowest BCUT2D eigenvalue weighted by molar-refractivity contribution is -0.125. The summed E-state index contributed by atoms with van der Waals surface area (Å²) in [6.07, 6.45) is 0. The molecular weight excluding hydrogens is 440 g/mol. The van der Waals surface area contributed by atoms with Crippen molar-refractivity contribution in [3.63, 3.8) is 0 Å². The van der Waals surface area contributed by atoms with Crippen LogP contribution in [0.5, 0.6) is 5.75 Å². The number of carbonyl (C=O) groups excluding carboxylic acids is 2. The molecule has 2 amide bonds. The second-order valence-corrected chi connectivity index (χ2v) is 9.66. The topological polar surface area (TPSA) is 118 Å². The molecule has 3 aliphatic heterocycles. The Hall–Kier alpha value is -2.25. The van der Waals surface area contributed by atoms with E-state index in [0.29, 0.717) is 45.3 Å². The Labute approximate surface area is 187 Å². The molecule has 4 rings (SSSR count). The van der Waals surface area contributed by atoms with Gasteiger partial charge in [0.2, 0.25) is 15.9 Å². The van der Waals surface area contributed by atoms with E-state index >= 15 is 0 Å². The van der Waals surface area contributed by atoms with Gasteiger partial charge in [0.05, 0.1) is 37.0 Å². The quantitative estimate of drug-likeness (QED) is 0.535. The number of amides is 2. The molecule has 1 aromatic rings. The van der Waals surface area contributed by atoms with Crippen LogP contribution in [0.1, 0.15) is 0 Å². The molecule has 0 bridgehead atoms. The standard InChI is InChI=1S/C20H28N4O7S/c25-19(21-3-4-22-5-9-29-10-6-22)14-24-17-13-16(1-2-18(17)31-15-20(24)26)32(27,28)23-7-11-30-12-8-23/h1-2,13H,3-12,14-15H2,(H,21,25). The van der Waals surface area contributed by atoms with E-state index in [2.05, 4.69) is 10.2 Å². The number of rotatable bonds is 7. The fourth-order valence-electron chi connectivity index (χ4n) is 3.83. The fourth-order valence-corrected chi connectivity index (χ4v) is 5.26. The largest absolute Gasteiger partial charge is 0.482 e. The van der Waals surface area contributed by atoms with Gasteiger partial charge in [-0.1, -0.05) is 0 Å². The van der Waals surface area contributed by atoms with Gasteiger partial charge in [0, 0.05) is 39.3 Å². The molecule has 0 radical (unpaired) electrons. The molecule has 11 nitrogen and oxygen atoms in total. The number of sulfonamides is 1. The molecule has 0 aliphatic carbocycles. The van der Waals surface area contributed by atoms with Gasteiger partial charge in [0.15, 0.2) is 6.61 Å². The van der Waals surface area contributed by atoms with Crippen LogP contribution in [0.25, 0.3) is 0 Å². The van der Waals surface area contributed by atoms with Crippen LogP contribution in [0.4, 0.5) is 5.69 Å². The van der Waals surface area contributed by atoms with Crippen LogP contribution in [0.3, 0.4) is 0 Å². The maximum atomic E-state index is 13.0. The Balaban J connectivity index is 1.44. The van der Waals surface area contributed by atoms with Gasteiger partial charge in [0.1, 0.15) is 12.3 Å². The van der Waals surface area contributed by atoms with Crippen molar-refractivity contribution in [1.82, 2.24) is 14.5 Å². The molecule has 12 heteroatoms. The summed E-state index contributed by atoms with van der Waals surface area (Å²) in [5, 5.41) is 2.83. The molecule has 1 N–H and O–H groups in total. The van der Waals surface area contributed by atoms with Crippen LogP contribution >= 0.6 is 0 Å². The summed E-state index contributed by atoms with van der Waals surface area (Å²) in [5.74, 6) is -0.353. The lowest BCUT2D eigenvalue weighted by Gasteiger charge is -2.31. The van der Waals surface area contributed by atoms with Crippen LogP contribution in [0.15, 0.2) is 23.1 Å². The van der Waals surface area contributed by atoms with Crippen molar-refractivity contribution in [2.75, 3.05) is 83.7 Å². The number of hydrogen-bond acceptors (Lipinski definition) is 8. The third-order valence-electron chi connectivity index (χ3n) is 5.64. The monoisotopic (exact) mass is 468 g/mol. The number of morpholine rings is 2. The number of hydrogen-bond donors (Lipinski definition) is 1. The zero-order valence-electron chi connectivity index (χ0n) is 17.8. The maximum absolute atomic E-state index is 13.0. The summed E-state index contributed by atoms with van der Waals surface area (Å²) >= 11 is 0. The number of nitrogens with zero attached hydrogens (tertiary/aromatic N) is 3. The molecule has 0 spiro atoms. The molecule has 2 saturated heterocycles. The number of ether oxygens (including phenoxy) is 3. The van der Waals surface area contributed by atoms with Crippen molar-refractivity contribution >= 4 is 27.5 Å². The van der Waals surface area contributed by atoms with Crippen molar-refractivity contribution in [2.24, 2.45) is 0 Å². The SMILES string of the molecule is O=C(CN1C(=O)COc2ccc(S(=O)(=O)N3CCOCC3)cc21)NCCN1CCOCC1. The highest BCUT2D eigenvalue weighted by Crippen LogP contribution is 2.35. The normalized spacial score (nSPS) is 20.5. The number of benzene rings is 1. The van der Waals surface area contributed by atoms with E-state index in [1.54, 1.807) is 0 Å². The second kappa shape index (κ2) is 10.1. The number of carbonyl (C=O) groups is 2. The van der Waals surface area contributed by atoms with E-state index in [9.17, 15) is 18.0 Å². The van der Waals surface area contributed by atoms with Gasteiger partial charge < -0.3 is 19.5 Å². The van der Waals surface area contributed by atoms with E-state index in [0.717, 1.165) is 13.1 Å². The second-order valence-electron chi connectivity index (χ2n) is 7.72. The minimum Gasteiger partial charge on any atom is -0.482 e. The summed E-state index contributed by atoms with van der Waals surface area (Å²) in [4.78, 5) is 28.5. The predicted octanol–water partition coefficient (Wildman–Crippen LogP) is -1.12. The van der Waals surface area contributed by atoms with Crippen molar-refractivity contribution in [3.8, 4) is 5.75 Å². The van der Waals surface area contributed by atoms with Crippen molar-refractivity contribution in [3.05, 3.63) is 18.2 Å². The first-order valence-corrected chi connectivity index (χ1v) is 12.1. The number of anilines is 1. The third kappa shape index (κ3) is 5.21. The summed E-state index contributed by atoms with van der Waals surface area (Å²) in [6, 6.07) is 4.39. The van der Waals surface area contributed by atoms with Gasteiger partial charge >= 0.3 is 0 Å². The van der Waals surface area contributed by atoms with Gasteiger partial charge in [-0.2, -0.15) is 4.31 Å². The van der Waals surface area contributed by atoms with Crippen LogP contribution in [0.2, 0.25) is 0 Å². The Kier molecular flexibility index (Phi) is 7.26. The molecule has 0 saturated carbocycles. The maximum Gasteiger partial charge on any atom is 0.265 e. The molecule has 0 atom stereocenters. The highest BCUT2D eigenvalue weighted by atomic mass is 32.2. The molecule has 3 aliphatic rings. The summed E-state index contributed by atoms with van der Waals surface area (Å²) < 4.78 is 43.4. The van der Waals surface area contributed by atoms with Crippen LogP contribution in [-0.2, 0) is 29.1 Å². The van der Waals surface area contributed by atoms with E-state index < -0.39 is 15.9 Å². The first-order valence-electron chi connectivity index (χ1n) is 10.7. The summed E-state index contributed by atoms with van der Waals surface area (Å²) in [5.41, 5.74) is 0.277. The molecule has 0 aromatic heterocycles. The fraction of sp³-hybridized carbons (Fsp3) is 0.600. The highest BCUT2D eigenvalue weighted by Gasteiger charge is 2.32. The molecule has 1 aromatic carbocycles. The molecule has 0 unspecified atom stereocenters.